The van der Waals surface area contributed by atoms with E-state index in [0.717, 1.165) is 48.7 Å². The van der Waals surface area contributed by atoms with Gasteiger partial charge >= 0.3 is 0 Å². The van der Waals surface area contributed by atoms with Crippen molar-refractivity contribution in [2.24, 2.45) is 0 Å². The molecule has 0 unspecified atom stereocenters. The van der Waals surface area contributed by atoms with Gasteiger partial charge in [-0.2, -0.15) is 4.98 Å². The topological polar surface area (TPSA) is 110 Å². The number of benzene rings is 1. The summed E-state index contributed by atoms with van der Waals surface area (Å²) < 4.78 is 0. The Hall–Kier alpha value is -3.13. The highest BCUT2D eigenvalue weighted by Crippen LogP contribution is 2.27. The number of rotatable bonds is 3. The third kappa shape index (κ3) is 3.70. The van der Waals surface area contributed by atoms with Gasteiger partial charge in [0, 0.05) is 49.8 Å². The predicted octanol–water partition coefficient (Wildman–Crippen LogP) is 2.08. The van der Waals surface area contributed by atoms with E-state index in [1.54, 1.807) is 18.6 Å². The monoisotopic (exact) mass is 382 g/mol. The van der Waals surface area contributed by atoms with Crippen LogP contribution in [0.5, 0.6) is 0 Å². The van der Waals surface area contributed by atoms with Crippen LogP contribution in [0.25, 0.3) is 11.1 Å². The average molecular weight is 383 g/mol. The van der Waals surface area contributed by atoms with Crippen LogP contribution >= 0.6 is 11.6 Å². The molecule has 138 valence electrons. The van der Waals surface area contributed by atoms with Crippen LogP contribution < -0.4 is 21.3 Å². The molecule has 0 spiro atoms. The Morgan fingerprint density at radius 3 is 2.26 bits per heavy atom. The number of hydrogen-bond acceptors (Lipinski definition) is 8. The minimum atomic E-state index is 0.192. The Kier molecular flexibility index (Phi) is 4.64. The van der Waals surface area contributed by atoms with E-state index in [4.69, 9.17) is 23.1 Å². The molecule has 1 aliphatic heterocycles. The zero-order valence-electron chi connectivity index (χ0n) is 14.6. The zero-order chi connectivity index (χ0) is 18.8. The molecular formula is C18H19ClN8. The highest BCUT2D eigenvalue weighted by molar-refractivity contribution is 6.28. The van der Waals surface area contributed by atoms with Gasteiger partial charge in [0.25, 0.3) is 0 Å². The van der Waals surface area contributed by atoms with Gasteiger partial charge in [-0.05, 0) is 29.3 Å². The van der Waals surface area contributed by atoms with Gasteiger partial charge < -0.3 is 21.3 Å². The van der Waals surface area contributed by atoms with Gasteiger partial charge in [-0.25, -0.2) is 15.0 Å². The van der Waals surface area contributed by atoms with Crippen LogP contribution in [0.2, 0.25) is 5.28 Å². The summed E-state index contributed by atoms with van der Waals surface area (Å²) >= 11 is 5.78. The first-order valence-electron chi connectivity index (χ1n) is 8.56. The van der Waals surface area contributed by atoms with Gasteiger partial charge in [0.2, 0.25) is 11.2 Å². The molecule has 27 heavy (non-hydrogen) atoms. The summed E-state index contributed by atoms with van der Waals surface area (Å²) in [6.45, 7) is 3.38. The smallest absolute Gasteiger partial charge is 0.222 e. The predicted molar refractivity (Wildman–Crippen MR) is 108 cm³/mol. The lowest BCUT2D eigenvalue weighted by Gasteiger charge is -2.37. The Bertz CT molecular complexity index is 938. The average Bonchev–Trinajstić information content (AvgIpc) is 2.69. The highest BCUT2D eigenvalue weighted by atomic mass is 35.5. The third-order valence-corrected chi connectivity index (χ3v) is 4.80. The maximum atomic E-state index is 5.99. The minimum absolute atomic E-state index is 0.192. The van der Waals surface area contributed by atoms with E-state index in [2.05, 4.69) is 41.9 Å². The lowest BCUT2D eigenvalue weighted by Crippen LogP contribution is -2.46. The van der Waals surface area contributed by atoms with E-state index < -0.39 is 0 Å². The number of nitrogens with two attached hydrogens (primary N) is 2. The first-order valence-corrected chi connectivity index (χ1v) is 8.94. The summed E-state index contributed by atoms with van der Waals surface area (Å²) in [6, 6.07) is 8.33. The number of halogens is 1. The molecule has 2 aromatic heterocycles. The molecule has 3 heterocycles. The van der Waals surface area contributed by atoms with E-state index in [0.29, 0.717) is 5.82 Å². The molecule has 0 radical (unpaired) electrons. The second-order valence-electron chi connectivity index (χ2n) is 6.26. The van der Waals surface area contributed by atoms with Crippen LogP contribution in [-0.2, 0) is 0 Å². The summed E-state index contributed by atoms with van der Waals surface area (Å²) in [6.07, 6.45) is 5.15. The molecule has 0 amide bonds. The fourth-order valence-electron chi connectivity index (χ4n) is 3.20. The molecule has 8 nitrogen and oxygen atoms in total. The lowest BCUT2D eigenvalue weighted by molar-refractivity contribution is 0.652. The van der Waals surface area contributed by atoms with Crippen LogP contribution in [0.1, 0.15) is 0 Å². The summed E-state index contributed by atoms with van der Waals surface area (Å²) in [5, 5.41) is 0.247. The quantitative estimate of drug-likeness (QED) is 0.662. The second kappa shape index (κ2) is 7.24. The van der Waals surface area contributed by atoms with Crippen LogP contribution in [0, 0.1) is 0 Å². The fourth-order valence-corrected chi connectivity index (χ4v) is 3.29. The molecule has 0 atom stereocenters. The van der Waals surface area contributed by atoms with Crippen LogP contribution in [0.4, 0.5) is 23.1 Å². The van der Waals surface area contributed by atoms with Crippen molar-refractivity contribution in [1.29, 1.82) is 0 Å². The van der Waals surface area contributed by atoms with E-state index in [1.807, 2.05) is 12.1 Å². The van der Waals surface area contributed by atoms with Gasteiger partial charge in [-0.15, -0.1) is 0 Å². The number of hydrogen-bond donors (Lipinski definition) is 2. The molecule has 0 bridgehead atoms. The van der Waals surface area contributed by atoms with Crippen LogP contribution in [-0.4, -0.2) is 46.1 Å². The molecular weight excluding hydrogens is 364 g/mol. The van der Waals surface area contributed by atoms with E-state index in [1.165, 1.54) is 0 Å². The number of nitrogens with zero attached hydrogens (tertiary/aromatic N) is 6. The molecule has 9 heteroatoms. The first-order chi connectivity index (χ1) is 13.1. The van der Waals surface area contributed by atoms with E-state index >= 15 is 0 Å². The summed E-state index contributed by atoms with van der Waals surface area (Å²) in [4.78, 5) is 20.7. The Morgan fingerprint density at radius 1 is 0.852 bits per heavy atom. The molecule has 0 saturated carbocycles. The Labute approximate surface area is 161 Å². The molecule has 1 aliphatic rings. The summed E-state index contributed by atoms with van der Waals surface area (Å²) in [5.41, 5.74) is 15.5. The van der Waals surface area contributed by atoms with Crippen molar-refractivity contribution in [3.05, 3.63) is 48.1 Å². The third-order valence-electron chi connectivity index (χ3n) is 4.60. The van der Waals surface area contributed by atoms with E-state index in [-0.39, 0.29) is 11.2 Å². The Morgan fingerprint density at radius 2 is 1.56 bits per heavy atom. The molecule has 3 aromatic rings. The van der Waals surface area contributed by atoms with Crippen molar-refractivity contribution in [2.45, 2.75) is 0 Å². The largest absolute Gasteiger partial charge is 0.382 e. The lowest BCUT2D eigenvalue weighted by atomic mass is 10.1. The van der Waals surface area contributed by atoms with Crippen molar-refractivity contribution in [2.75, 3.05) is 47.4 Å². The number of nitrogen functional groups attached to an aromatic ring is 2. The van der Waals surface area contributed by atoms with Crippen molar-refractivity contribution >= 4 is 34.7 Å². The minimum Gasteiger partial charge on any atom is -0.382 e. The van der Waals surface area contributed by atoms with Crippen molar-refractivity contribution < 1.29 is 0 Å². The van der Waals surface area contributed by atoms with Crippen molar-refractivity contribution in [3.8, 4) is 11.1 Å². The number of aromatic nitrogens is 4. The number of piperazine rings is 1. The maximum absolute atomic E-state index is 5.99. The summed E-state index contributed by atoms with van der Waals surface area (Å²) in [7, 11) is 0. The standard InChI is InChI=1S/C18H19ClN8/c19-17-22-9-13(10-23-17)12-2-1-3-14(8-12)26-4-6-27(7-5-26)15-11-24-18(21)25-16(15)20/h1-3,8-11H,4-7H2,(H4,20,21,24,25). The summed E-state index contributed by atoms with van der Waals surface area (Å²) in [5.74, 6) is 0.610. The maximum Gasteiger partial charge on any atom is 0.222 e. The van der Waals surface area contributed by atoms with Gasteiger partial charge in [0.05, 0.1) is 11.9 Å². The molecule has 0 aliphatic carbocycles. The highest BCUT2D eigenvalue weighted by Gasteiger charge is 2.20. The molecule has 1 fully saturated rings. The normalized spacial score (nSPS) is 14.4. The van der Waals surface area contributed by atoms with Crippen molar-refractivity contribution in [3.63, 3.8) is 0 Å². The number of anilines is 4. The molecule has 4 rings (SSSR count). The van der Waals surface area contributed by atoms with Crippen LogP contribution in [0.3, 0.4) is 0 Å². The van der Waals surface area contributed by atoms with Gasteiger partial charge in [0.1, 0.15) is 0 Å². The second-order valence-corrected chi connectivity index (χ2v) is 6.60. The van der Waals surface area contributed by atoms with Crippen molar-refractivity contribution in [1.82, 2.24) is 19.9 Å². The van der Waals surface area contributed by atoms with Gasteiger partial charge in [0.15, 0.2) is 5.82 Å². The van der Waals surface area contributed by atoms with E-state index in [9.17, 15) is 0 Å². The SMILES string of the molecule is Nc1ncc(N2CCN(c3cccc(-c4cnc(Cl)nc4)c3)CC2)c(N)n1. The fraction of sp³-hybridized carbons (Fsp3) is 0.222. The first kappa shape index (κ1) is 17.3. The van der Waals surface area contributed by atoms with Gasteiger partial charge in [-0.3, -0.25) is 0 Å². The van der Waals surface area contributed by atoms with Gasteiger partial charge in [-0.1, -0.05) is 12.1 Å². The van der Waals surface area contributed by atoms with Crippen LogP contribution in [0.15, 0.2) is 42.9 Å². The molecule has 1 saturated heterocycles. The molecule has 4 N–H and O–H groups in total. The molecule has 1 aromatic carbocycles. The Balaban J connectivity index is 1.48. The zero-order valence-corrected chi connectivity index (χ0v) is 15.3.